The molecule has 0 bridgehead atoms. The van der Waals surface area contributed by atoms with Crippen LogP contribution in [0.25, 0.3) is 11.4 Å². The van der Waals surface area contributed by atoms with Crippen molar-refractivity contribution in [2.45, 2.75) is 38.5 Å². The van der Waals surface area contributed by atoms with Gasteiger partial charge in [0.1, 0.15) is 5.82 Å². The monoisotopic (exact) mass is 405 g/mol. The summed E-state index contributed by atoms with van der Waals surface area (Å²) < 4.78 is 0. The number of carbonyl (C=O) groups is 1. The lowest BCUT2D eigenvalue weighted by Gasteiger charge is -2.36. The molecule has 5 rings (SSSR count). The summed E-state index contributed by atoms with van der Waals surface area (Å²) in [6.45, 7) is 5.38. The molecule has 2 fully saturated rings. The fourth-order valence-corrected chi connectivity index (χ4v) is 5.09. The van der Waals surface area contributed by atoms with Crippen LogP contribution in [-0.4, -0.2) is 60.0 Å². The average molecular weight is 406 g/mol. The van der Waals surface area contributed by atoms with E-state index in [4.69, 9.17) is 9.97 Å². The summed E-state index contributed by atoms with van der Waals surface area (Å²) >= 11 is 0. The number of hydrogen-bond donors (Lipinski definition) is 1. The van der Waals surface area contributed by atoms with Crippen molar-refractivity contribution in [3.63, 3.8) is 0 Å². The number of piperidine rings is 1. The van der Waals surface area contributed by atoms with Crippen molar-refractivity contribution >= 4 is 11.7 Å². The van der Waals surface area contributed by atoms with Gasteiger partial charge in [0.25, 0.3) is 0 Å². The standard InChI is InChI=1S/C24H31N5O/c30-24(28-15-6-12-25-13-16-28)19-9-5-14-29(17-19)23-20-10-4-11-21(20)26-22(27-23)18-7-2-1-3-8-18/h1-3,7-8,19,25H,4-6,9-17H2. The number of hydrogen-bond acceptors (Lipinski definition) is 5. The second-order valence-corrected chi connectivity index (χ2v) is 8.73. The molecule has 2 saturated heterocycles. The molecule has 3 aliphatic rings. The molecule has 2 aliphatic heterocycles. The molecule has 158 valence electrons. The highest BCUT2D eigenvalue weighted by atomic mass is 16.2. The van der Waals surface area contributed by atoms with Gasteiger partial charge in [-0.25, -0.2) is 9.97 Å². The van der Waals surface area contributed by atoms with E-state index in [0.717, 1.165) is 95.0 Å². The van der Waals surface area contributed by atoms with Crippen LogP contribution in [0.4, 0.5) is 5.82 Å². The van der Waals surface area contributed by atoms with Crippen molar-refractivity contribution in [1.29, 1.82) is 0 Å². The lowest BCUT2D eigenvalue weighted by molar-refractivity contribution is -0.135. The molecule has 6 heteroatoms. The highest BCUT2D eigenvalue weighted by molar-refractivity contribution is 5.80. The molecular formula is C24H31N5O. The molecular weight excluding hydrogens is 374 g/mol. The molecule has 6 nitrogen and oxygen atoms in total. The van der Waals surface area contributed by atoms with E-state index in [1.807, 2.05) is 18.2 Å². The van der Waals surface area contributed by atoms with Gasteiger partial charge in [-0.05, 0) is 45.1 Å². The third-order valence-electron chi connectivity index (χ3n) is 6.67. The van der Waals surface area contributed by atoms with Crippen molar-refractivity contribution < 1.29 is 4.79 Å². The maximum absolute atomic E-state index is 13.2. The van der Waals surface area contributed by atoms with Crippen LogP contribution in [0.5, 0.6) is 0 Å². The van der Waals surface area contributed by atoms with E-state index in [1.165, 1.54) is 11.3 Å². The number of fused-ring (bicyclic) bond motifs is 1. The number of nitrogens with zero attached hydrogens (tertiary/aromatic N) is 4. The Labute approximate surface area is 178 Å². The number of amides is 1. The fourth-order valence-electron chi connectivity index (χ4n) is 5.09. The summed E-state index contributed by atoms with van der Waals surface area (Å²) in [6.07, 6.45) is 6.29. The number of aryl methyl sites for hydroxylation is 1. The molecule has 0 spiro atoms. The Morgan fingerprint density at radius 3 is 2.77 bits per heavy atom. The average Bonchev–Trinajstić information content (AvgIpc) is 3.11. The topological polar surface area (TPSA) is 61.4 Å². The van der Waals surface area contributed by atoms with E-state index in [0.29, 0.717) is 5.91 Å². The van der Waals surface area contributed by atoms with Crippen LogP contribution in [0, 0.1) is 5.92 Å². The Morgan fingerprint density at radius 2 is 1.87 bits per heavy atom. The highest BCUT2D eigenvalue weighted by Crippen LogP contribution is 2.33. The fraction of sp³-hybridized carbons (Fsp3) is 0.542. The first kappa shape index (κ1) is 19.5. The van der Waals surface area contributed by atoms with Crippen LogP contribution in [0.2, 0.25) is 0 Å². The maximum atomic E-state index is 13.2. The number of carbonyl (C=O) groups excluding carboxylic acids is 1. The molecule has 3 heterocycles. The van der Waals surface area contributed by atoms with E-state index in [9.17, 15) is 4.79 Å². The minimum atomic E-state index is 0.0732. The van der Waals surface area contributed by atoms with Gasteiger partial charge >= 0.3 is 0 Å². The van der Waals surface area contributed by atoms with Crippen molar-refractivity contribution in [3.8, 4) is 11.4 Å². The first-order chi connectivity index (χ1) is 14.8. The van der Waals surface area contributed by atoms with Gasteiger partial charge in [0.2, 0.25) is 5.91 Å². The first-order valence-corrected chi connectivity index (χ1v) is 11.5. The van der Waals surface area contributed by atoms with Crippen LogP contribution in [0.3, 0.4) is 0 Å². The predicted molar refractivity (Wildman–Crippen MR) is 118 cm³/mol. The molecule has 1 aliphatic carbocycles. The summed E-state index contributed by atoms with van der Waals surface area (Å²) in [5.41, 5.74) is 3.57. The Hall–Kier alpha value is -2.47. The SMILES string of the molecule is O=C(C1CCCN(c2nc(-c3ccccc3)nc3c2CCC3)C1)N1CCCNCC1. The summed E-state index contributed by atoms with van der Waals surface area (Å²) in [6, 6.07) is 10.3. The minimum Gasteiger partial charge on any atom is -0.355 e. The summed E-state index contributed by atoms with van der Waals surface area (Å²) in [5, 5.41) is 3.40. The van der Waals surface area contributed by atoms with Gasteiger partial charge in [-0.1, -0.05) is 30.3 Å². The zero-order valence-corrected chi connectivity index (χ0v) is 17.6. The molecule has 1 aromatic heterocycles. The number of aromatic nitrogens is 2. The number of anilines is 1. The smallest absolute Gasteiger partial charge is 0.227 e. The van der Waals surface area contributed by atoms with E-state index < -0.39 is 0 Å². The Bertz CT molecular complexity index is 892. The van der Waals surface area contributed by atoms with Gasteiger partial charge < -0.3 is 15.1 Å². The van der Waals surface area contributed by atoms with Crippen LogP contribution in [0.15, 0.2) is 30.3 Å². The highest BCUT2D eigenvalue weighted by Gasteiger charge is 2.32. The molecule has 30 heavy (non-hydrogen) atoms. The van der Waals surface area contributed by atoms with Crippen molar-refractivity contribution in [2.24, 2.45) is 5.92 Å². The van der Waals surface area contributed by atoms with E-state index in [2.05, 4.69) is 27.2 Å². The van der Waals surface area contributed by atoms with Gasteiger partial charge in [0.05, 0.1) is 5.92 Å². The third-order valence-corrected chi connectivity index (χ3v) is 6.67. The van der Waals surface area contributed by atoms with Crippen LogP contribution in [0.1, 0.15) is 36.9 Å². The molecule has 1 N–H and O–H groups in total. The van der Waals surface area contributed by atoms with E-state index in [1.54, 1.807) is 0 Å². The minimum absolute atomic E-state index is 0.0732. The largest absolute Gasteiger partial charge is 0.355 e. The molecule has 1 amide bonds. The molecule has 0 saturated carbocycles. The number of benzene rings is 1. The van der Waals surface area contributed by atoms with Crippen LogP contribution in [-0.2, 0) is 17.6 Å². The normalized spacial score (nSPS) is 21.9. The predicted octanol–water partition coefficient (Wildman–Crippen LogP) is 2.67. The molecule has 1 atom stereocenters. The second kappa shape index (κ2) is 8.72. The first-order valence-electron chi connectivity index (χ1n) is 11.5. The maximum Gasteiger partial charge on any atom is 0.227 e. The van der Waals surface area contributed by atoms with Crippen molar-refractivity contribution in [1.82, 2.24) is 20.2 Å². The van der Waals surface area contributed by atoms with Crippen LogP contribution >= 0.6 is 0 Å². The van der Waals surface area contributed by atoms with E-state index >= 15 is 0 Å². The summed E-state index contributed by atoms with van der Waals surface area (Å²) in [7, 11) is 0. The quantitative estimate of drug-likeness (QED) is 0.851. The molecule has 1 aromatic carbocycles. The lowest BCUT2D eigenvalue weighted by Crippen LogP contribution is -2.46. The lowest BCUT2D eigenvalue weighted by atomic mass is 9.96. The Morgan fingerprint density at radius 1 is 0.967 bits per heavy atom. The van der Waals surface area contributed by atoms with E-state index in [-0.39, 0.29) is 5.92 Å². The molecule has 0 radical (unpaired) electrons. The van der Waals surface area contributed by atoms with Gasteiger partial charge in [-0.2, -0.15) is 0 Å². The Kier molecular flexibility index (Phi) is 5.67. The molecule has 2 aromatic rings. The summed E-state index contributed by atoms with van der Waals surface area (Å²) in [4.78, 5) is 27.6. The zero-order chi connectivity index (χ0) is 20.3. The number of nitrogens with one attached hydrogen (secondary N) is 1. The van der Waals surface area contributed by atoms with Crippen LogP contribution < -0.4 is 10.2 Å². The Balaban J connectivity index is 1.41. The number of rotatable bonds is 3. The van der Waals surface area contributed by atoms with Crippen molar-refractivity contribution in [3.05, 3.63) is 41.6 Å². The van der Waals surface area contributed by atoms with Gasteiger partial charge in [-0.15, -0.1) is 0 Å². The van der Waals surface area contributed by atoms with Gasteiger partial charge in [0, 0.05) is 49.5 Å². The summed E-state index contributed by atoms with van der Waals surface area (Å²) in [5.74, 6) is 2.30. The van der Waals surface area contributed by atoms with Gasteiger partial charge in [-0.3, -0.25) is 4.79 Å². The molecule has 1 unspecified atom stereocenters. The van der Waals surface area contributed by atoms with Crippen molar-refractivity contribution in [2.75, 3.05) is 44.2 Å². The third kappa shape index (κ3) is 3.93. The van der Waals surface area contributed by atoms with Gasteiger partial charge in [0.15, 0.2) is 5.82 Å². The zero-order valence-electron chi connectivity index (χ0n) is 17.6. The second-order valence-electron chi connectivity index (χ2n) is 8.73.